The Hall–Kier alpha value is -0.730. The van der Waals surface area contributed by atoms with Gasteiger partial charge in [-0.15, -0.1) is 0 Å². The lowest BCUT2D eigenvalue weighted by atomic mass is 9.89. The summed E-state index contributed by atoms with van der Waals surface area (Å²) in [5, 5.41) is 18.1. The van der Waals surface area contributed by atoms with E-state index in [-0.39, 0.29) is 11.5 Å². The van der Waals surface area contributed by atoms with E-state index >= 15 is 0 Å². The maximum absolute atomic E-state index is 11.1. The van der Waals surface area contributed by atoms with Crippen LogP contribution in [0.5, 0.6) is 0 Å². The first-order chi connectivity index (χ1) is 8.46. The molecule has 1 N–H and O–H groups in total. The number of aliphatic carboxylic acids is 1. The van der Waals surface area contributed by atoms with Crippen LogP contribution in [0.3, 0.4) is 0 Å². The van der Waals surface area contributed by atoms with E-state index in [0.29, 0.717) is 5.75 Å². The quantitative estimate of drug-likeness (QED) is 0.750. The number of carboxylic acids is 1. The molecule has 5 heteroatoms. The number of carboxylic acid groups (broad SMARTS) is 1. The molecule has 0 radical (unpaired) electrons. The fourth-order valence-electron chi connectivity index (χ4n) is 2.07. The van der Waals surface area contributed by atoms with Crippen LogP contribution < -0.4 is 0 Å². The summed E-state index contributed by atoms with van der Waals surface area (Å²) in [6.45, 7) is 5.59. The van der Waals surface area contributed by atoms with Gasteiger partial charge in [0.25, 0.3) is 0 Å². The highest BCUT2D eigenvalue weighted by atomic mass is 32.2. The van der Waals surface area contributed by atoms with E-state index in [1.807, 2.05) is 13.8 Å². The van der Waals surface area contributed by atoms with Crippen LogP contribution in [0.1, 0.15) is 33.1 Å². The summed E-state index contributed by atoms with van der Waals surface area (Å²) in [5.74, 6) is 1.01. The number of carbonyl (C=O) groups is 1. The molecule has 1 aliphatic rings. The number of unbranched alkanes of at least 4 members (excludes halogenated alkanes) is 1. The maximum atomic E-state index is 11.1. The first-order valence-electron chi connectivity index (χ1n) is 6.42. The van der Waals surface area contributed by atoms with Gasteiger partial charge < -0.3 is 5.11 Å². The summed E-state index contributed by atoms with van der Waals surface area (Å²) in [4.78, 5) is 13.2. The fourth-order valence-corrected chi connectivity index (χ4v) is 3.18. The SMILES string of the molecule is CC(C)(C#N)CCCCN1CCSCC1C(=O)O. The predicted molar refractivity (Wildman–Crippen MR) is 73.6 cm³/mol. The van der Waals surface area contributed by atoms with Gasteiger partial charge in [0.15, 0.2) is 0 Å². The number of rotatable bonds is 6. The number of hydrogen-bond donors (Lipinski definition) is 1. The van der Waals surface area contributed by atoms with Gasteiger partial charge in [-0.3, -0.25) is 9.69 Å². The van der Waals surface area contributed by atoms with Crippen LogP contribution in [0, 0.1) is 16.7 Å². The van der Waals surface area contributed by atoms with Crippen LogP contribution in [0.25, 0.3) is 0 Å². The van der Waals surface area contributed by atoms with Crippen LogP contribution in [0.15, 0.2) is 0 Å². The minimum absolute atomic E-state index is 0.260. The molecule has 0 saturated carbocycles. The fraction of sp³-hybridized carbons (Fsp3) is 0.846. The van der Waals surface area contributed by atoms with Gasteiger partial charge in [-0.05, 0) is 33.2 Å². The molecule has 0 aromatic rings. The molecular formula is C13H22N2O2S. The molecule has 4 nitrogen and oxygen atoms in total. The summed E-state index contributed by atoms with van der Waals surface area (Å²) in [6.07, 6.45) is 2.83. The minimum atomic E-state index is -0.709. The van der Waals surface area contributed by atoms with E-state index in [0.717, 1.165) is 38.1 Å². The Morgan fingerprint density at radius 3 is 2.89 bits per heavy atom. The third-order valence-electron chi connectivity index (χ3n) is 3.32. The van der Waals surface area contributed by atoms with Crippen LogP contribution in [0.2, 0.25) is 0 Å². The molecule has 0 amide bonds. The molecule has 1 unspecified atom stereocenters. The van der Waals surface area contributed by atoms with Gasteiger partial charge in [0.1, 0.15) is 6.04 Å². The Labute approximate surface area is 113 Å². The Morgan fingerprint density at radius 1 is 1.56 bits per heavy atom. The third-order valence-corrected chi connectivity index (χ3v) is 4.35. The first kappa shape index (κ1) is 15.3. The molecule has 1 rings (SSSR count). The van der Waals surface area contributed by atoms with Crippen LogP contribution in [-0.2, 0) is 4.79 Å². The highest BCUT2D eigenvalue weighted by molar-refractivity contribution is 7.99. The molecule has 18 heavy (non-hydrogen) atoms. The van der Waals surface area contributed by atoms with Gasteiger partial charge in [0.2, 0.25) is 0 Å². The Kier molecular flexibility index (Phi) is 5.97. The summed E-state index contributed by atoms with van der Waals surface area (Å²) in [6, 6.07) is 1.97. The number of nitrogens with zero attached hydrogens (tertiary/aromatic N) is 2. The smallest absolute Gasteiger partial charge is 0.321 e. The van der Waals surface area contributed by atoms with Gasteiger partial charge >= 0.3 is 5.97 Å². The second-order valence-corrected chi connectivity index (χ2v) is 6.57. The zero-order valence-electron chi connectivity index (χ0n) is 11.2. The molecule has 0 aromatic carbocycles. The molecule has 0 aromatic heterocycles. The normalized spacial score (nSPS) is 21.5. The minimum Gasteiger partial charge on any atom is -0.480 e. The van der Waals surface area contributed by atoms with Crippen molar-refractivity contribution in [2.45, 2.75) is 39.2 Å². The molecule has 1 saturated heterocycles. The molecule has 1 aliphatic heterocycles. The van der Waals surface area contributed by atoms with Crippen molar-refractivity contribution in [3.05, 3.63) is 0 Å². The molecule has 1 heterocycles. The van der Waals surface area contributed by atoms with Crippen molar-refractivity contribution in [2.24, 2.45) is 5.41 Å². The number of hydrogen-bond acceptors (Lipinski definition) is 4. The summed E-state index contributed by atoms with van der Waals surface area (Å²) >= 11 is 1.72. The average molecular weight is 270 g/mol. The van der Waals surface area contributed by atoms with E-state index < -0.39 is 5.97 Å². The molecule has 1 fully saturated rings. The lowest BCUT2D eigenvalue weighted by Crippen LogP contribution is -2.47. The predicted octanol–water partition coefficient (Wildman–Crippen LogP) is 2.21. The Bertz CT molecular complexity index is 325. The van der Waals surface area contributed by atoms with Crippen molar-refractivity contribution in [2.75, 3.05) is 24.6 Å². The van der Waals surface area contributed by atoms with Gasteiger partial charge in [-0.2, -0.15) is 17.0 Å². The second-order valence-electron chi connectivity index (χ2n) is 5.42. The molecule has 0 spiro atoms. The summed E-state index contributed by atoms with van der Waals surface area (Å²) in [5.41, 5.74) is -0.260. The largest absolute Gasteiger partial charge is 0.480 e. The molecular weight excluding hydrogens is 248 g/mol. The highest BCUT2D eigenvalue weighted by Crippen LogP contribution is 2.23. The summed E-state index contributed by atoms with van der Waals surface area (Å²) in [7, 11) is 0. The van der Waals surface area contributed by atoms with E-state index in [9.17, 15) is 4.79 Å². The van der Waals surface area contributed by atoms with Gasteiger partial charge in [-0.25, -0.2) is 0 Å². The molecule has 0 bridgehead atoms. The lowest BCUT2D eigenvalue weighted by Gasteiger charge is -2.32. The van der Waals surface area contributed by atoms with Crippen LogP contribution in [-0.4, -0.2) is 46.6 Å². The van der Waals surface area contributed by atoms with E-state index in [1.165, 1.54) is 0 Å². The zero-order valence-corrected chi connectivity index (χ0v) is 12.0. The maximum Gasteiger partial charge on any atom is 0.321 e. The first-order valence-corrected chi connectivity index (χ1v) is 7.57. The zero-order chi connectivity index (χ0) is 13.6. The van der Waals surface area contributed by atoms with E-state index in [2.05, 4.69) is 11.0 Å². The lowest BCUT2D eigenvalue weighted by molar-refractivity contribution is -0.142. The van der Waals surface area contributed by atoms with E-state index in [4.69, 9.17) is 10.4 Å². The molecule has 1 atom stereocenters. The van der Waals surface area contributed by atoms with Crippen molar-refractivity contribution in [3.63, 3.8) is 0 Å². The van der Waals surface area contributed by atoms with Crippen LogP contribution in [0.4, 0.5) is 0 Å². The standard InChI is InChI=1S/C13H22N2O2S/c1-13(2,10-14)5-3-4-6-15-7-8-18-9-11(15)12(16)17/h11H,3-9H2,1-2H3,(H,16,17). The van der Waals surface area contributed by atoms with Crippen molar-refractivity contribution in [1.82, 2.24) is 4.90 Å². The number of nitriles is 1. The molecule has 102 valence electrons. The van der Waals surface area contributed by atoms with Crippen LogP contribution >= 0.6 is 11.8 Å². The highest BCUT2D eigenvalue weighted by Gasteiger charge is 2.28. The third kappa shape index (κ3) is 4.87. The van der Waals surface area contributed by atoms with Crippen molar-refractivity contribution in [3.8, 4) is 6.07 Å². The van der Waals surface area contributed by atoms with Crippen molar-refractivity contribution >= 4 is 17.7 Å². The van der Waals surface area contributed by atoms with E-state index in [1.54, 1.807) is 11.8 Å². The second kappa shape index (κ2) is 7.01. The number of thioether (sulfide) groups is 1. The monoisotopic (exact) mass is 270 g/mol. The summed E-state index contributed by atoms with van der Waals surface area (Å²) < 4.78 is 0. The average Bonchev–Trinajstić information content (AvgIpc) is 2.35. The Morgan fingerprint density at radius 2 is 2.28 bits per heavy atom. The van der Waals surface area contributed by atoms with Gasteiger partial charge in [-0.1, -0.05) is 6.42 Å². The van der Waals surface area contributed by atoms with Crippen molar-refractivity contribution < 1.29 is 9.90 Å². The van der Waals surface area contributed by atoms with Gasteiger partial charge in [0, 0.05) is 18.1 Å². The Balaban J connectivity index is 2.29. The topological polar surface area (TPSA) is 64.3 Å². The van der Waals surface area contributed by atoms with Crippen molar-refractivity contribution in [1.29, 1.82) is 5.26 Å². The molecule has 0 aliphatic carbocycles. The van der Waals surface area contributed by atoms with Gasteiger partial charge in [0.05, 0.1) is 11.5 Å².